The lowest BCUT2D eigenvalue weighted by molar-refractivity contribution is 0.341. The summed E-state index contributed by atoms with van der Waals surface area (Å²) in [5, 5.41) is -4.49. The minimum Gasteiger partial charge on any atom is -0.219 e. The zero-order valence-electron chi connectivity index (χ0n) is 4.99. The maximum atomic E-state index is 12.8. The maximum absolute atomic E-state index is 12.8. The number of hydrogen-bond acceptors (Lipinski definition) is 1. The standard InChI is InChI=1S/C5H2Cl2F3N/c6-3-4(9)11-2(8)1-5(3,7)10/h1,3H. The zero-order valence-corrected chi connectivity index (χ0v) is 6.50. The minimum absolute atomic E-state index is 0.315. The van der Waals surface area contributed by atoms with Crippen LogP contribution >= 0.6 is 23.2 Å². The quantitative estimate of drug-likeness (QED) is 0.424. The second kappa shape index (κ2) is 2.68. The lowest BCUT2D eigenvalue weighted by atomic mass is 10.2. The van der Waals surface area contributed by atoms with E-state index >= 15 is 0 Å². The molecule has 2 atom stereocenters. The second-order valence-corrected chi connectivity index (χ2v) is 2.95. The molecule has 0 saturated carbocycles. The fourth-order valence-corrected chi connectivity index (χ4v) is 0.874. The summed E-state index contributed by atoms with van der Waals surface area (Å²) in [5.74, 6) is -2.67. The fourth-order valence-electron chi connectivity index (χ4n) is 0.582. The predicted octanol–water partition coefficient (Wildman–Crippen LogP) is 2.69. The van der Waals surface area contributed by atoms with Gasteiger partial charge < -0.3 is 0 Å². The molecule has 0 aromatic rings. The minimum atomic E-state index is -2.72. The number of alkyl halides is 3. The third-order valence-electron chi connectivity index (χ3n) is 1.07. The molecular formula is C5H2Cl2F3N. The van der Waals surface area contributed by atoms with Crippen molar-refractivity contribution in [2.45, 2.75) is 10.5 Å². The van der Waals surface area contributed by atoms with Crippen molar-refractivity contribution in [3.05, 3.63) is 12.0 Å². The highest BCUT2D eigenvalue weighted by molar-refractivity contribution is 6.39. The molecule has 1 heterocycles. The summed E-state index contributed by atoms with van der Waals surface area (Å²) in [6.45, 7) is 0. The van der Waals surface area contributed by atoms with Gasteiger partial charge in [-0.2, -0.15) is 13.8 Å². The average molecular weight is 204 g/mol. The zero-order chi connectivity index (χ0) is 8.65. The summed E-state index contributed by atoms with van der Waals surface area (Å²) in [4.78, 5) is 2.65. The summed E-state index contributed by atoms with van der Waals surface area (Å²) in [6.07, 6.45) is 0.315. The average Bonchev–Trinajstić information content (AvgIpc) is 1.81. The Morgan fingerprint density at radius 3 is 2.55 bits per heavy atom. The van der Waals surface area contributed by atoms with E-state index in [4.69, 9.17) is 23.2 Å². The number of hydrogen-bond donors (Lipinski definition) is 0. The van der Waals surface area contributed by atoms with E-state index in [1.165, 1.54) is 0 Å². The van der Waals surface area contributed by atoms with E-state index in [1.54, 1.807) is 0 Å². The Bertz CT molecular complexity index is 236. The molecule has 0 bridgehead atoms. The summed E-state index contributed by atoms with van der Waals surface area (Å²) in [6, 6.07) is 0. The van der Waals surface area contributed by atoms with Crippen LogP contribution in [0.2, 0.25) is 0 Å². The second-order valence-electron chi connectivity index (χ2n) is 1.94. The fraction of sp³-hybridized carbons (Fsp3) is 0.400. The monoisotopic (exact) mass is 203 g/mol. The van der Waals surface area contributed by atoms with Crippen LogP contribution in [0.1, 0.15) is 0 Å². The summed E-state index contributed by atoms with van der Waals surface area (Å²) in [5.41, 5.74) is 0. The Hall–Kier alpha value is -0.220. The first-order chi connectivity index (χ1) is 4.93. The molecule has 1 rings (SSSR count). The number of allylic oxidation sites excluding steroid dienone is 1. The van der Waals surface area contributed by atoms with Crippen molar-refractivity contribution in [2.75, 3.05) is 0 Å². The van der Waals surface area contributed by atoms with Crippen molar-refractivity contribution in [1.29, 1.82) is 0 Å². The van der Waals surface area contributed by atoms with Gasteiger partial charge in [0.25, 0.3) is 0 Å². The summed E-state index contributed by atoms with van der Waals surface area (Å²) < 4.78 is 37.3. The van der Waals surface area contributed by atoms with Gasteiger partial charge >= 0.3 is 0 Å². The molecule has 62 valence electrons. The molecule has 0 aromatic carbocycles. The van der Waals surface area contributed by atoms with Crippen LogP contribution in [-0.2, 0) is 0 Å². The Morgan fingerprint density at radius 2 is 2.09 bits per heavy atom. The van der Waals surface area contributed by atoms with Crippen LogP contribution in [0, 0.1) is 0 Å². The van der Waals surface area contributed by atoms with Crippen LogP contribution in [0.3, 0.4) is 0 Å². The third-order valence-corrected chi connectivity index (χ3v) is 2.01. The van der Waals surface area contributed by atoms with Gasteiger partial charge in [-0.1, -0.05) is 11.6 Å². The highest BCUT2D eigenvalue weighted by Gasteiger charge is 2.41. The van der Waals surface area contributed by atoms with Crippen LogP contribution in [0.25, 0.3) is 0 Å². The molecule has 6 heteroatoms. The van der Waals surface area contributed by atoms with E-state index < -0.39 is 22.4 Å². The molecule has 0 radical (unpaired) electrons. The molecule has 11 heavy (non-hydrogen) atoms. The van der Waals surface area contributed by atoms with Crippen molar-refractivity contribution < 1.29 is 13.2 Å². The molecule has 2 unspecified atom stereocenters. The lowest BCUT2D eigenvalue weighted by Gasteiger charge is -2.20. The lowest BCUT2D eigenvalue weighted by Crippen LogP contribution is -2.33. The molecule has 1 aliphatic heterocycles. The molecule has 0 N–H and O–H groups in total. The van der Waals surface area contributed by atoms with Crippen molar-refractivity contribution in [2.24, 2.45) is 4.99 Å². The van der Waals surface area contributed by atoms with Gasteiger partial charge in [0.05, 0.1) is 0 Å². The Morgan fingerprint density at radius 1 is 1.55 bits per heavy atom. The van der Waals surface area contributed by atoms with Gasteiger partial charge in [-0.15, -0.1) is 11.6 Å². The van der Waals surface area contributed by atoms with Crippen LogP contribution < -0.4 is 0 Å². The number of nitrogens with zero attached hydrogens (tertiary/aromatic N) is 1. The molecule has 0 fully saturated rings. The van der Waals surface area contributed by atoms with E-state index in [1.807, 2.05) is 0 Å². The first kappa shape index (κ1) is 8.87. The first-order valence-corrected chi connectivity index (χ1v) is 3.39. The number of aliphatic imine (C=N–C) groups is 1. The van der Waals surface area contributed by atoms with E-state index in [9.17, 15) is 13.2 Å². The van der Waals surface area contributed by atoms with Crippen molar-refractivity contribution in [1.82, 2.24) is 0 Å². The van der Waals surface area contributed by atoms with Gasteiger partial charge in [-0.25, -0.2) is 4.39 Å². The molecule has 0 amide bonds. The Kier molecular flexibility index (Phi) is 2.16. The molecule has 0 spiro atoms. The first-order valence-electron chi connectivity index (χ1n) is 2.58. The number of rotatable bonds is 0. The van der Waals surface area contributed by atoms with Crippen LogP contribution in [0.4, 0.5) is 13.2 Å². The molecule has 0 aromatic heterocycles. The van der Waals surface area contributed by atoms with Gasteiger partial charge in [-0.3, -0.25) is 0 Å². The van der Waals surface area contributed by atoms with E-state index in [-0.39, 0.29) is 0 Å². The van der Waals surface area contributed by atoms with Gasteiger partial charge in [0.1, 0.15) is 0 Å². The van der Waals surface area contributed by atoms with Crippen molar-refractivity contribution in [3.8, 4) is 0 Å². The van der Waals surface area contributed by atoms with E-state index in [0.717, 1.165) is 0 Å². The van der Waals surface area contributed by atoms with Crippen LogP contribution in [0.15, 0.2) is 17.0 Å². The molecular weight excluding hydrogens is 202 g/mol. The van der Waals surface area contributed by atoms with Crippen LogP contribution in [-0.4, -0.2) is 16.5 Å². The van der Waals surface area contributed by atoms with Crippen molar-refractivity contribution in [3.63, 3.8) is 0 Å². The van der Waals surface area contributed by atoms with Crippen molar-refractivity contribution >= 4 is 29.2 Å². The maximum Gasteiger partial charge on any atom is 0.230 e. The Balaban J connectivity index is 3.01. The van der Waals surface area contributed by atoms with Gasteiger partial charge in [0.2, 0.25) is 17.0 Å². The van der Waals surface area contributed by atoms with Gasteiger partial charge in [-0.05, 0) is 0 Å². The normalized spacial score (nSPS) is 38.1. The van der Waals surface area contributed by atoms with Gasteiger partial charge in [0.15, 0.2) is 5.38 Å². The SMILES string of the molecule is FC1=CC(F)(Cl)C(Cl)C(F)=N1. The Labute approximate surface area is 70.5 Å². The molecule has 0 aliphatic carbocycles. The number of halogens is 5. The van der Waals surface area contributed by atoms with Gasteiger partial charge in [0, 0.05) is 6.08 Å². The third kappa shape index (κ3) is 1.68. The molecule has 1 nitrogen and oxygen atoms in total. The van der Waals surface area contributed by atoms with Crippen LogP contribution in [0.5, 0.6) is 0 Å². The topological polar surface area (TPSA) is 12.4 Å². The molecule has 0 saturated heterocycles. The predicted molar refractivity (Wildman–Crippen MR) is 37.1 cm³/mol. The van der Waals surface area contributed by atoms with E-state index in [2.05, 4.69) is 4.99 Å². The summed E-state index contributed by atoms with van der Waals surface area (Å²) >= 11 is 10.1. The highest BCUT2D eigenvalue weighted by atomic mass is 35.5. The van der Waals surface area contributed by atoms with E-state index in [0.29, 0.717) is 6.08 Å². The molecule has 1 aliphatic rings. The summed E-state index contributed by atoms with van der Waals surface area (Å²) in [7, 11) is 0. The smallest absolute Gasteiger partial charge is 0.219 e. The largest absolute Gasteiger partial charge is 0.230 e. The highest BCUT2D eigenvalue weighted by Crippen LogP contribution is 2.34.